The first-order valence-electron chi connectivity index (χ1n) is 9.95. The van der Waals surface area contributed by atoms with Crippen molar-refractivity contribution in [3.8, 4) is 33.9 Å². The number of hydrogen-bond acceptors (Lipinski definition) is 5. The highest BCUT2D eigenvalue weighted by Gasteiger charge is 2.37. The molecule has 0 unspecified atom stereocenters. The van der Waals surface area contributed by atoms with Crippen molar-refractivity contribution in [2.45, 2.75) is 45.6 Å². The fourth-order valence-electron chi connectivity index (χ4n) is 3.95. The molecule has 0 bridgehead atoms. The molecule has 1 aliphatic rings. The zero-order valence-electron chi connectivity index (χ0n) is 17.2. The number of rotatable bonds is 5. The Hall–Kier alpha value is -3.08. The predicted molar refractivity (Wildman–Crippen MR) is 112 cm³/mol. The molecule has 2 aromatic heterocycles. The Kier molecular flexibility index (Phi) is 4.91. The van der Waals surface area contributed by atoms with Crippen LogP contribution in [0.5, 0.6) is 11.5 Å². The van der Waals surface area contributed by atoms with Gasteiger partial charge in [0.15, 0.2) is 5.78 Å². The van der Waals surface area contributed by atoms with E-state index in [1.165, 1.54) is 0 Å². The quantitative estimate of drug-likeness (QED) is 0.546. The van der Waals surface area contributed by atoms with E-state index in [4.69, 9.17) is 13.9 Å². The molecule has 4 rings (SSSR count). The Morgan fingerprint density at radius 1 is 1.10 bits per heavy atom. The van der Waals surface area contributed by atoms with Crippen molar-refractivity contribution in [2.75, 3.05) is 7.11 Å². The molecule has 0 aliphatic carbocycles. The Morgan fingerprint density at radius 2 is 1.90 bits per heavy atom. The molecule has 0 fully saturated rings. The predicted octanol–water partition coefficient (Wildman–Crippen LogP) is 5.85. The van der Waals surface area contributed by atoms with E-state index in [9.17, 15) is 4.79 Å². The van der Waals surface area contributed by atoms with Gasteiger partial charge in [0, 0.05) is 29.1 Å². The van der Waals surface area contributed by atoms with Gasteiger partial charge in [0.05, 0.1) is 19.1 Å². The molecular formula is C24H25NO4. The van der Waals surface area contributed by atoms with Crippen molar-refractivity contribution in [1.82, 2.24) is 4.98 Å². The van der Waals surface area contributed by atoms with Crippen LogP contribution < -0.4 is 9.47 Å². The molecule has 1 aliphatic heterocycles. The first-order valence-corrected chi connectivity index (χ1v) is 9.95. The summed E-state index contributed by atoms with van der Waals surface area (Å²) in [6.07, 6.45) is 5.49. The van der Waals surface area contributed by atoms with Gasteiger partial charge in [-0.3, -0.25) is 9.78 Å². The average molecular weight is 391 g/mol. The minimum atomic E-state index is -0.392. The van der Waals surface area contributed by atoms with Crippen LogP contribution in [0.1, 0.15) is 49.2 Å². The molecule has 0 amide bonds. The van der Waals surface area contributed by atoms with Crippen molar-refractivity contribution in [3.05, 3.63) is 54.0 Å². The number of carbonyl (C=O) groups is 1. The fraction of sp³-hybridized carbons (Fsp3) is 0.333. The lowest BCUT2D eigenvalue weighted by molar-refractivity contribution is 0.0350. The minimum Gasteiger partial charge on any atom is -0.496 e. The van der Waals surface area contributed by atoms with Crippen molar-refractivity contribution < 1.29 is 18.7 Å². The molecule has 0 radical (unpaired) electrons. The number of hydrogen-bond donors (Lipinski definition) is 0. The second-order valence-corrected chi connectivity index (χ2v) is 7.46. The highest BCUT2D eigenvalue weighted by Crippen LogP contribution is 2.41. The number of nitrogens with zero attached hydrogens (tertiary/aromatic N) is 1. The zero-order chi connectivity index (χ0) is 20.6. The van der Waals surface area contributed by atoms with E-state index in [0.29, 0.717) is 23.5 Å². The number of ketones is 1. The van der Waals surface area contributed by atoms with Crippen molar-refractivity contribution in [2.24, 2.45) is 0 Å². The molecule has 3 heterocycles. The Morgan fingerprint density at radius 3 is 2.62 bits per heavy atom. The molecule has 0 saturated carbocycles. The molecule has 29 heavy (non-hydrogen) atoms. The van der Waals surface area contributed by atoms with E-state index < -0.39 is 5.60 Å². The van der Waals surface area contributed by atoms with Gasteiger partial charge in [-0.2, -0.15) is 0 Å². The summed E-state index contributed by atoms with van der Waals surface area (Å²) in [6.45, 7) is 6.04. The monoisotopic (exact) mass is 391 g/mol. The Labute approximate surface area is 170 Å². The van der Waals surface area contributed by atoms with Gasteiger partial charge in [-0.15, -0.1) is 0 Å². The summed E-state index contributed by atoms with van der Waals surface area (Å²) in [5, 5.41) is 0. The van der Waals surface area contributed by atoms with Crippen molar-refractivity contribution in [3.63, 3.8) is 0 Å². The SMILES string of the molecule is CCC1(CC)CC(=O)c2cc(-c3cc(-c4cnccc4OC)c(C)o3)ccc2O1. The maximum atomic E-state index is 12.8. The first-order chi connectivity index (χ1) is 14.0. The number of aromatic nitrogens is 1. The second-order valence-electron chi connectivity index (χ2n) is 7.46. The van der Waals surface area contributed by atoms with E-state index >= 15 is 0 Å². The van der Waals surface area contributed by atoms with Gasteiger partial charge >= 0.3 is 0 Å². The Balaban J connectivity index is 1.73. The zero-order valence-corrected chi connectivity index (χ0v) is 17.2. The normalized spacial score (nSPS) is 15.0. The van der Waals surface area contributed by atoms with Crippen LogP contribution in [0.2, 0.25) is 0 Å². The largest absolute Gasteiger partial charge is 0.496 e. The van der Waals surface area contributed by atoms with Gasteiger partial charge in [-0.25, -0.2) is 0 Å². The van der Waals surface area contributed by atoms with Crippen LogP contribution >= 0.6 is 0 Å². The summed E-state index contributed by atoms with van der Waals surface area (Å²) in [6, 6.07) is 9.48. The van der Waals surface area contributed by atoms with Crippen LogP contribution in [0.3, 0.4) is 0 Å². The summed E-state index contributed by atoms with van der Waals surface area (Å²) in [4.78, 5) is 17.1. The summed E-state index contributed by atoms with van der Waals surface area (Å²) in [7, 11) is 1.64. The van der Waals surface area contributed by atoms with Crippen LogP contribution in [0.25, 0.3) is 22.5 Å². The number of fused-ring (bicyclic) bond motifs is 1. The smallest absolute Gasteiger partial charge is 0.170 e. The molecule has 0 saturated heterocycles. The summed E-state index contributed by atoms with van der Waals surface area (Å²) in [5.41, 5.74) is 2.86. The lowest BCUT2D eigenvalue weighted by Gasteiger charge is -2.36. The van der Waals surface area contributed by atoms with Gasteiger partial charge in [0.2, 0.25) is 0 Å². The first kappa shape index (κ1) is 19.2. The molecule has 0 N–H and O–H groups in total. The maximum Gasteiger partial charge on any atom is 0.170 e. The molecule has 3 aromatic rings. The second kappa shape index (κ2) is 7.39. The molecule has 5 heteroatoms. The van der Waals surface area contributed by atoms with Gasteiger partial charge in [-0.1, -0.05) is 13.8 Å². The third-order valence-corrected chi connectivity index (χ3v) is 5.87. The standard InChI is InChI=1S/C24H25NO4/c1-5-24(6-2)13-20(26)18-11-16(7-8-22(18)29-24)23-12-17(15(3)28-23)19-14-25-10-9-21(19)27-4/h7-12,14H,5-6,13H2,1-4H3. The van der Waals surface area contributed by atoms with Gasteiger partial charge in [0.25, 0.3) is 0 Å². The number of ether oxygens (including phenoxy) is 2. The van der Waals surface area contributed by atoms with Crippen LogP contribution in [-0.2, 0) is 0 Å². The third kappa shape index (κ3) is 3.31. The van der Waals surface area contributed by atoms with E-state index in [1.807, 2.05) is 37.3 Å². The highest BCUT2D eigenvalue weighted by molar-refractivity contribution is 6.01. The van der Waals surface area contributed by atoms with Gasteiger partial charge in [0.1, 0.15) is 28.6 Å². The van der Waals surface area contributed by atoms with Gasteiger partial charge < -0.3 is 13.9 Å². The fourth-order valence-corrected chi connectivity index (χ4v) is 3.95. The summed E-state index contributed by atoms with van der Waals surface area (Å²) >= 11 is 0. The topological polar surface area (TPSA) is 61.6 Å². The van der Waals surface area contributed by atoms with Crippen molar-refractivity contribution in [1.29, 1.82) is 0 Å². The lowest BCUT2D eigenvalue weighted by Crippen LogP contribution is -2.40. The average Bonchev–Trinajstić information content (AvgIpc) is 3.14. The molecular weight excluding hydrogens is 366 g/mol. The van der Waals surface area contributed by atoms with Crippen LogP contribution in [0.15, 0.2) is 47.1 Å². The Bertz CT molecular complexity index is 1060. The number of furan rings is 1. The van der Waals surface area contributed by atoms with Crippen LogP contribution in [0.4, 0.5) is 0 Å². The van der Waals surface area contributed by atoms with Gasteiger partial charge in [-0.05, 0) is 50.1 Å². The van der Waals surface area contributed by atoms with E-state index in [0.717, 1.165) is 41.0 Å². The van der Waals surface area contributed by atoms with Crippen LogP contribution in [-0.4, -0.2) is 23.5 Å². The number of aryl methyl sites for hydroxylation is 1. The number of pyridine rings is 1. The van der Waals surface area contributed by atoms with Crippen molar-refractivity contribution >= 4 is 5.78 Å². The molecule has 5 nitrogen and oxygen atoms in total. The number of carbonyl (C=O) groups excluding carboxylic acids is 1. The highest BCUT2D eigenvalue weighted by atomic mass is 16.5. The van der Waals surface area contributed by atoms with E-state index in [2.05, 4.69) is 18.8 Å². The third-order valence-electron chi connectivity index (χ3n) is 5.87. The lowest BCUT2D eigenvalue weighted by atomic mass is 9.85. The summed E-state index contributed by atoms with van der Waals surface area (Å²) < 4.78 is 17.7. The number of methoxy groups -OCH3 is 1. The molecule has 150 valence electrons. The van der Waals surface area contributed by atoms with E-state index in [1.54, 1.807) is 19.5 Å². The van der Waals surface area contributed by atoms with E-state index in [-0.39, 0.29) is 5.78 Å². The molecule has 0 atom stereocenters. The molecule has 0 spiro atoms. The maximum absolute atomic E-state index is 12.8. The van der Waals surface area contributed by atoms with Crippen LogP contribution in [0, 0.1) is 6.92 Å². The summed E-state index contributed by atoms with van der Waals surface area (Å²) in [5.74, 6) is 2.98. The number of benzene rings is 1. The number of Topliss-reactive ketones (excluding diaryl/α,β-unsaturated/α-hetero) is 1. The molecule has 1 aromatic carbocycles. The minimum absolute atomic E-state index is 0.120.